The fraction of sp³-hybridized carbons (Fsp3) is 0.190. The number of fused-ring (bicyclic) bond motifs is 1. The van der Waals surface area contributed by atoms with Crippen LogP contribution in [0.2, 0.25) is 0 Å². The van der Waals surface area contributed by atoms with Gasteiger partial charge in [-0.1, -0.05) is 48.5 Å². The van der Waals surface area contributed by atoms with E-state index in [1.807, 2.05) is 74.5 Å². The first-order chi connectivity index (χ1) is 12.0. The van der Waals surface area contributed by atoms with Gasteiger partial charge in [0.05, 0.1) is 6.10 Å². The molecular formula is C21H22N2O2. The molecule has 4 nitrogen and oxygen atoms in total. The van der Waals surface area contributed by atoms with Crippen LogP contribution in [0.5, 0.6) is 0 Å². The molecule has 3 rings (SSSR count). The van der Waals surface area contributed by atoms with Gasteiger partial charge in [0.2, 0.25) is 0 Å². The summed E-state index contributed by atoms with van der Waals surface area (Å²) in [5.74, 6) is 0. The number of benzene rings is 3. The van der Waals surface area contributed by atoms with Crippen LogP contribution in [0.1, 0.15) is 22.8 Å². The molecule has 0 aliphatic rings. The molecule has 0 bridgehead atoms. The number of carbonyl (C=O) groups is 1. The van der Waals surface area contributed by atoms with Crippen LogP contribution < -0.4 is 10.6 Å². The minimum Gasteiger partial charge on any atom is -0.387 e. The van der Waals surface area contributed by atoms with Gasteiger partial charge in [0.15, 0.2) is 0 Å². The molecule has 0 radical (unpaired) electrons. The van der Waals surface area contributed by atoms with Crippen molar-refractivity contribution in [1.82, 2.24) is 5.32 Å². The van der Waals surface area contributed by atoms with Gasteiger partial charge >= 0.3 is 6.03 Å². The third-order valence-electron chi connectivity index (χ3n) is 4.40. The Kier molecular flexibility index (Phi) is 5.00. The van der Waals surface area contributed by atoms with E-state index in [9.17, 15) is 9.90 Å². The fourth-order valence-electron chi connectivity index (χ4n) is 2.83. The summed E-state index contributed by atoms with van der Waals surface area (Å²) in [6, 6.07) is 19.1. The Morgan fingerprint density at radius 2 is 1.76 bits per heavy atom. The van der Waals surface area contributed by atoms with Crippen LogP contribution in [-0.2, 0) is 0 Å². The van der Waals surface area contributed by atoms with E-state index in [0.717, 1.165) is 27.6 Å². The lowest BCUT2D eigenvalue weighted by Crippen LogP contribution is -2.32. The van der Waals surface area contributed by atoms with E-state index in [0.29, 0.717) is 0 Å². The summed E-state index contributed by atoms with van der Waals surface area (Å²) < 4.78 is 0. The highest BCUT2D eigenvalue weighted by molar-refractivity contribution is 5.89. The third kappa shape index (κ3) is 3.98. The molecule has 3 aromatic rings. The molecule has 128 valence electrons. The largest absolute Gasteiger partial charge is 0.387 e. The normalized spacial score (nSPS) is 12.0. The zero-order chi connectivity index (χ0) is 17.8. The smallest absolute Gasteiger partial charge is 0.319 e. The van der Waals surface area contributed by atoms with Crippen LogP contribution in [0, 0.1) is 13.8 Å². The van der Waals surface area contributed by atoms with E-state index >= 15 is 0 Å². The predicted molar refractivity (Wildman–Crippen MR) is 102 cm³/mol. The number of hydrogen-bond donors (Lipinski definition) is 3. The van der Waals surface area contributed by atoms with E-state index in [1.165, 1.54) is 5.56 Å². The quantitative estimate of drug-likeness (QED) is 0.666. The average molecular weight is 334 g/mol. The number of rotatable bonds is 4. The number of aliphatic hydroxyl groups is 1. The Morgan fingerprint density at radius 3 is 2.56 bits per heavy atom. The third-order valence-corrected chi connectivity index (χ3v) is 4.40. The summed E-state index contributed by atoms with van der Waals surface area (Å²) in [7, 11) is 0. The number of amides is 2. The van der Waals surface area contributed by atoms with Gasteiger partial charge in [-0.25, -0.2) is 4.79 Å². The summed E-state index contributed by atoms with van der Waals surface area (Å²) in [5.41, 5.74) is 3.84. The van der Waals surface area contributed by atoms with Crippen LogP contribution >= 0.6 is 0 Å². The molecule has 0 aliphatic carbocycles. The first-order valence-electron chi connectivity index (χ1n) is 8.32. The van der Waals surface area contributed by atoms with Gasteiger partial charge < -0.3 is 15.7 Å². The van der Waals surface area contributed by atoms with E-state index in [4.69, 9.17) is 0 Å². The van der Waals surface area contributed by atoms with Crippen LogP contribution in [0.3, 0.4) is 0 Å². The van der Waals surface area contributed by atoms with Crippen molar-refractivity contribution in [2.45, 2.75) is 20.0 Å². The molecule has 1 unspecified atom stereocenters. The van der Waals surface area contributed by atoms with Gasteiger partial charge in [0, 0.05) is 12.2 Å². The number of urea groups is 1. The summed E-state index contributed by atoms with van der Waals surface area (Å²) in [5, 5.41) is 18.1. The topological polar surface area (TPSA) is 61.4 Å². The Balaban J connectivity index is 1.64. The first-order valence-corrected chi connectivity index (χ1v) is 8.32. The standard InChI is InChI=1S/C21H22N2O2/c1-14-10-11-17(12-15(14)2)23-21(25)22-13-20(24)19-9-5-7-16-6-3-4-8-18(16)19/h3-12,20,24H,13H2,1-2H3,(H2,22,23,25). The number of aliphatic hydroxyl groups excluding tert-OH is 1. The average Bonchev–Trinajstić information content (AvgIpc) is 2.62. The van der Waals surface area contributed by atoms with Gasteiger partial charge in [-0.15, -0.1) is 0 Å². The minimum atomic E-state index is -0.767. The molecule has 4 heteroatoms. The molecule has 0 aromatic heterocycles. The number of carbonyl (C=O) groups excluding carboxylic acids is 1. The lowest BCUT2D eigenvalue weighted by molar-refractivity contribution is 0.176. The second-order valence-corrected chi connectivity index (χ2v) is 6.22. The van der Waals surface area contributed by atoms with E-state index in [2.05, 4.69) is 10.6 Å². The minimum absolute atomic E-state index is 0.144. The first kappa shape index (κ1) is 17.0. The molecular weight excluding hydrogens is 312 g/mol. The molecule has 0 heterocycles. The van der Waals surface area contributed by atoms with Gasteiger partial charge in [-0.05, 0) is 53.4 Å². The molecule has 0 fully saturated rings. The van der Waals surface area contributed by atoms with Crippen molar-refractivity contribution in [2.24, 2.45) is 0 Å². The lowest BCUT2D eigenvalue weighted by Gasteiger charge is -2.15. The maximum absolute atomic E-state index is 12.1. The number of anilines is 1. The second kappa shape index (κ2) is 7.36. The van der Waals surface area contributed by atoms with Gasteiger partial charge in [0.25, 0.3) is 0 Å². The molecule has 0 saturated heterocycles. The van der Waals surface area contributed by atoms with Gasteiger partial charge in [0.1, 0.15) is 0 Å². The van der Waals surface area contributed by atoms with E-state index < -0.39 is 6.10 Å². The summed E-state index contributed by atoms with van der Waals surface area (Å²) in [4.78, 5) is 12.1. The van der Waals surface area contributed by atoms with Gasteiger partial charge in [-0.3, -0.25) is 0 Å². The maximum atomic E-state index is 12.1. The molecule has 2 amide bonds. The Morgan fingerprint density at radius 1 is 1.00 bits per heavy atom. The van der Waals surface area contributed by atoms with Crippen molar-refractivity contribution in [3.63, 3.8) is 0 Å². The molecule has 0 aliphatic heterocycles. The van der Waals surface area contributed by atoms with Crippen LogP contribution in [-0.4, -0.2) is 17.7 Å². The molecule has 3 aromatic carbocycles. The predicted octanol–water partition coefficient (Wildman–Crippen LogP) is 4.31. The van der Waals surface area contributed by atoms with Crippen molar-refractivity contribution >= 4 is 22.5 Å². The summed E-state index contributed by atoms with van der Waals surface area (Å²) in [6.07, 6.45) is -0.767. The van der Waals surface area contributed by atoms with Crippen LogP contribution in [0.4, 0.5) is 10.5 Å². The van der Waals surface area contributed by atoms with E-state index in [1.54, 1.807) is 0 Å². The summed E-state index contributed by atoms with van der Waals surface area (Å²) >= 11 is 0. The number of aryl methyl sites for hydroxylation is 2. The van der Waals surface area contributed by atoms with Crippen molar-refractivity contribution in [3.05, 3.63) is 77.4 Å². The molecule has 0 saturated carbocycles. The highest BCUT2D eigenvalue weighted by atomic mass is 16.3. The van der Waals surface area contributed by atoms with Crippen molar-refractivity contribution in [1.29, 1.82) is 0 Å². The monoisotopic (exact) mass is 334 g/mol. The SMILES string of the molecule is Cc1ccc(NC(=O)NCC(O)c2cccc3ccccc23)cc1C. The second-order valence-electron chi connectivity index (χ2n) is 6.22. The molecule has 1 atom stereocenters. The highest BCUT2D eigenvalue weighted by Crippen LogP contribution is 2.23. The van der Waals surface area contributed by atoms with Gasteiger partial charge in [-0.2, -0.15) is 0 Å². The Hall–Kier alpha value is -2.85. The lowest BCUT2D eigenvalue weighted by atomic mass is 10.0. The van der Waals surface area contributed by atoms with Crippen molar-refractivity contribution < 1.29 is 9.90 Å². The molecule has 0 spiro atoms. The highest BCUT2D eigenvalue weighted by Gasteiger charge is 2.12. The zero-order valence-electron chi connectivity index (χ0n) is 14.4. The van der Waals surface area contributed by atoms with E-state index in [-0.39, 0.29) is 12.6 Å². The zero-order valence-corrected chi connectivity index (χ0v) is 14.4. The number of hydrogen-bond acceptors (Lipinski definition) is 2. The van der Waals surface area contributed by atoms with Crippen LogP contribution in [0.25, 0.3) is 10.8 Å². The van der Waals surface area contributed by atoms with Crippen molar-refractivity contribution in [2.75, 3.05) is 11.9 Å². The Bertz CT molecular complexity index is 900. The molecule has 25 heavy (non-hydrogen) atoms. The van der Waals surface area contributed by atoms with Crippen LogP contribution in [0.15, 0.2) is 60.7 Å². The number of nitrogens with one attached hydrogen (secondary N) is 2. The fourth-order valence-corrected chi connectivity index (χ4v) is 2.83. The maximum Gasteiger partial charge on any atom is 0.319 e. The Labute approximate surface area is 147 Å². The summed E-state index contributed by atoms with van der Waals surface area (Å²) in [6.45, 7) is 4.17. The molecule has 3 N–H and O–H groups in total. The van der Waals surface area contributed by atoms with Crippen molar-refractivity contribution in [3.8, 4) is 0 Å².